The number of hydrogen-bond donors (Lipinski definition) is 0. The van der Waals surface area contributed by atoms with Gasteiger partial charge in [-0.05, 0) is 12.8 Å². The molecular weight excluding hydrogens is 84.1 g/mol. The van der Waals surface area contributed by atoms with Crippen molar-refractivity contribution in [1.29, 1.82) is 0 Å². The minimum Gasteiger partial charge on any atom is -0.0888 e. The summed E-state index contributed by atoms with van der Waals surface area (Å²) in [7, 11) is 0. The first-order valence-corrected chi connectivity index (χ1v) is 2.84. The van der Waals surface area contributed by atoms with E-state index in [4.69, 9.17) is 1.37 Å². The van der Waals surface area contributed by atoms with Gasteiger partial charge < -0.3 is 0 Å². The van der Waals surface area contributed by atoms with Gasteiger partial charge in [0.05, 0.1) is 0 Å². The molecule has 0 radical (unpaired) electrons. The Bertz CT molecular complexity index is 64.8. The summed E-state index contributed by atoms with van der Waals surface area (Å²) >= 11 is 0. The zero-order chi connectivity index (χ0) is 6.41. The Morgan fingerprint density at radius 3 is 2.57 bits per heavy atom. The molecule has 0 bridgehead atoms. The van der Waals surface area contributed by atoms with E-state index in [9.17, 15) is 0 Å². The average molecular weight is 99.2 g/mol. The van der Waals surface area contributed by atoms with Crippen molar-refractivity contribution in [2.45, 2.75) is 33.1 Å². The predicted molar refractivity (Wildman–Crippen MR) is 34.3 cm³/mol. The molecule has 0 amide bonds. The minimum atomic E-state index is 0.0674. The second kappa shape index (κ2) is 5.74. The molecule has 0 N–H and O–H groups in total. The highest BCUT2D eigenvalue weighted by atomic mass is 13.7. The Morgan fingerprint density at radius 1 is 1.43 bits per heavy atom. The Labute approximate surface area is 47.6 Å². The van der Waals surface area contributed by atoms with Crippen molar-refractivity contribution in [2.75, 3.05) is 0 Å². The van der Waals surface area contributed by atoms with Crippen LogP contribution in [-0.4, -0.2) is 0 Å². The van der Waals surface area contributed by atoms with Crippen LogP contribution < -0.4 is 0 Å². The maximum atomic E-state index is 7.10. The van der Waals surface area contributed by atoms with Gasteiger partial charge in [-0.2, -0.15) is 0 Å². The van der Waals surface area contributed by atoms with Gasteiger partial charge in [-0.3, -0.25) is 0 Å². The Hall–Kier alpha value is -0.260. The topological polar surface area (TPSA) is 0 Å². The molecule has 0 aromatic heterocycles. The zero-order valence-electron chi connectivity index (χ0n) is 6.15. The molecule has 0 spiro atoms. The van der Waals surface area contributed by atoms with E-state index in [1.807, 2.05) is 6.92 Å². The lowest BCUT2D eigenvalue weighted by Gasteiger charge is -1.79. The second-order valence-electron chi connectivity index (χ2n) is 1.52. The van der Waals surface area contributed by atoms with Gasteiger partial charge in [0.25, 0.3) is 0 Å². The SMILES string of the molecule is [2H]C(C)CC=CCC. The lowest BCUT2D eigenvalue weighted by molar-refractivity contribution is 0.952. The van der Waals surface area contributed by atoms with Gasteiger partial charge in [-0.1, -0.05) is 32.4 Å². The quantitative estimate of drug-likeness (QED) is 0.477. The molecular formula is C7H14. The molecule has 0 nitrogen and oxygen atoms in total. The van der Waals surface area contributed by atoms with E-state index in [0.717, 1.165) is 12.8 Å². The summed E-state index contributed by atoms with van der Waals surface area (Å²) in [5, 5.41) is 0. The first kappa shape index (κ1) is 4.89. The summed E-state index contributed by atoms with van der Waals surface area (Å²) in [5.74, 6) is 0. The predicted octanol–water partition coefficient (Wildman–Crippen LogP) is 2.75. The van der Waals surface area contributed by atoms with Gasteiger partial charge >= 0.3 is 0 Å². The second-order valence-corrected chi connectivity index (χ2v) is 1.52. The Balaban J connectivity index is 3.03. The van der Waals surface area contributed by atoms with E-state index in [1.165, 1.54) is 0 Å². The molecule has 0 heteroatoms. The Morgan fingerprint density at radius 2 is 2.14 bits per heavy atom. The molecule has 0 aromatic carbocycles. The van der Waals surface area contributed by atoms with Crippen LogP contribution in [0.5, 0.6) is 0 Å². The maximum absolute atomic E-state index is 7.10. The molecule has 0 fully saturated rings. The van der Waals surface area contributed by atoms with Crippen LogP contribution in [0.25, 0.3) is 0 Å². The molecule has 0 saturated carbocycles. The van der Waals surface area contributed by atoms with Crippen molar-refractivity contribution in [1.82, 2.24) is 0 Å². The zero-order valence-corrected chi connectivity index (χ0v) is 5.15. The third-order valence-corrected chi connectivity index (χ3v) is 0.774. The van der Waals surface area contributed by atoms with Crippen LogP contribution in [0.15, 0.2) is 12.2 Å². The van der Waals surface area contributed by atoms with Crippen molar-refractivity contribution in [2.24, 2.45) is 0 Å². The van der Waals surface area contributed by atoms with E-state index in [2.05, 4.69) is 19.1 Å². The van der Waals surface area contributed by atoms with Gasteiger partial charge in [0.15, 0.2) is 0 Å². The smallest absolute Gasteiger partial charge is 0.0267 e. The fourth-order valence-corrected chi connectivity index (χ4v) is 0.399. The first-order valence-electron chi connectivity index (χ1n) is 3.42. The fraction of sp³-hybridized carbons (Fsp3) is 0.714. The normalized spacial score (nSPS) is 17.1. The van der Waals surface area contributed by atoms with E-state index in [0.29, 0.717) is 0 Å². The molecule has 0 rings (SSSR count). The summed E-state index contributed by atoms with van der Waals surface area (Å²) in [4.78, 5) is 0. The lowest BCUT2D eigenvalue weighted by atomic mass is 10.3. The summed E-state index contributed by atoms with van der Waals surface area (Å²) in [5.41, 5.74) is 0. The van der Waals surface area contributed by atoms with Gasteiger partial charge in [0, 0.05) is 1.37 Å². The molecule has 0 aromatic rings. The summed E-state index contributed by atoms with van der Waals surface area (Å²) in [6.07, 6.45) is 6.22. The third-order valence-electron chi connectivity index (χ3n) is 0.774. The Kier molecular flexibility index (Phi) is 4.01. The highest BCUT2D eigenvalue weighted by molar-refractivity contribution is 4.78. The standard InChI is InChI=1S/C7H14/c1-3-5-7-6-4-2/h5,7H,3-4,6H2,1-2H3/i4D. The van der Waals surface area contributed by atoms with Crippen LogP contribution in [0.1, 0.15) is 34.5 Å². The third kappa shape index (κ3) is 5.74. The fourth-order valence-electron chi connectivity index (χ4n) is 0.399. The number of allylic oxidation sites excluding steroid dienone is 2. The van der Waals surface area contributed by atoms with Crippen molar-refractivity contribution in [3.63, 3.8) is 0 Å². The maximum Gasteiger partial charge on any atom is 0.0267 e. The minimum absolute atomic E-state index is 0.0674. The van der Waals surface area contributed by atoms with Crippen molar-refractivity contribution < 1.29 is 1.37 Å². The van der Waals surface area contributed by atoms with Crippen LogP contribution in [0.4, 0.5) is 0 Å². The van der Waals surface area contributed by atoms with E-state index in [-0.39, 0.29) is 6.40 Å². The number of hydrogen-bond acceptors (Lipinski definition) is 0. The van der Waals surface area contributed by atoms with Gasteiger partial charge in [0.2, 0.25) is 0 Å². The molecule has 7 heavy (non-hydrogen) atoms. The average Bonchev–Trinajstić information content (AvgIpc) is 1.66. The highest BCUT2D eigenvalue weighted by Crippen LogP contribution is 1.88. The van der Waals surface area contributed by atoms with Crippen LogP contribution in [0, 0.1) is 0 Å². The molecule has 0 heterocycles. The van der Waals surface area contributed by atoms with Gasteiger partial charge in [-0.25, -0.2) is 0 Å². The molecule has 1 unspecified atom stereocenters. The molecule has 0 aliphatic heterocycles. The van der Waals surface area contributed by atoms with Crippen LogP contribution in [-0.2, 0) is 0 Å². The van der Waals surface area contributed by atoms with Crippen molar-refractivity contribution in [3.05, 3.63) is 12.2 Å². The molecule has 42 valence electrons. The van der Waals surface area contributed by atoms with Crippen molar-refractivity contribution in [3.8, 4) is 0 Å². The summed E-state index contributed by atoms with van der Waals surface area (Å²) in [6, 6.07) is 0. The van der Waals surface area contributed by atoms with E-state index >= 15 is 0 Å². The first-order chi connectivity index (χ1) is 3.77. The van der Waals surface area contributed by atoms with E-state index < -0.39 is 0 Å². The largest absolute Gasteiger partial charge is 0.0888 e. The molecule has 0 saturated heterocycles. The summed E-state index contributed by atoms with van der Waals surface area (Å²) in [6.45, 7) is 4.01. The van der Waals surface area contributed by atoms with Gasteiger partial charge in [-0.15, -0.1) is 0 Å². The van der Waals surface area contributed by atoms with Crippen LogP contribution in [0.3, 0.4) is 0 Å². The van der Waals surface area contributed by atoms with Gasteiger partial charge in [0.1, 0.15) is 0 Å². The molecule has 0 aliphatic rings. The monoisotopic (exact) mass is 99.1 g/mol. The highest BCUT2D eigenvalue weighted by Gasteiger charge is 1.68. The summed E-state index contributed by atoms with van der Waals surface area (Å²) < 4.78 is 7.10. The van der Waals surface area contributed by atoms with E-state index in [1.54, 1.807) is 0 Å². The van der Waals surface area contributed by atoms with Crippen LogP contribution in [0.2, 0.25) is 0 Å². The van der Waals surface area contributed by atoms with Crippen molar-refractivity contribution >= 4 is 0 Å². The van der Waals surface area contributed by atoms with Crippen LogP contribution >= 0.6 is 0 Å². The number of rotatable bonds is 3. The molecule has 0 aliphatic carbocycles. The lowest BCUT2D eigenvalue weighted by Crippen LogP contribution is -1.58. The molecule has 1 atom stereocenters.